The first-order valence-corrected chi connectivity index (χ1v) is 5.05. The van der Waals surface area contributed by atoms with Gasteiger partial charge >= 0.3 is 12.0 Å². The van der Waals surface area contributed by atoms with E-state index in [0.717, 1.165) is 19.3 Å². The molecule has 1 fully saturated rings. The minimum atomic E-state index is -1.11. The average Bonchev–Trinajstić information content (AvgIpc) is 2.96. The first kappa shape index (κ1) is 11.8. The second kappa shape index (κ2) is 5.55. The standard InChI is InChI=1S/C9H16N2O4/c1-2-5-11(7-3-4-7)9(14)10-15-6-8(12)13/h7H,2-6H2,1H3,(H,10,14)(H,12,13). The second-order valence-electron chi connectivity index (χ2n) is 3.51. The second-order valence-corrected chi connectivity index (χ2v) is 3.51. The molecule has 15 heavy (non-hydrogen) atoms. The molecule has 0 heterocycles. The van der Waals surface area contributed by atoms with E-state index in [0.29, 0.717) is 12.6 Å². The largest absolute Gasteiger partial charge is 0.479 e. The molecular weight excluding hydrogens is 200 g/mol. The van der Waals surface area contributed by atoms with E-state index in [1.54, 1.807) is 4.90 Å². The first-order chi connectivity index (χ1) is 7.15. The number of hydroxylamine groups is 1. The molecule has 2 N–H and O–H groups in total. The van der Waals surface area contributed by atoms with Crippen LogP contribution in [0.4, 0.5) is 4.79 Å². The highest BCUT2D eigenvalue weighted by molar-refractivity contribution is 5.74. The maximum Gasteiger partial charge on any atom is 0.341 e. The molecule has 0 aromatic rings. The average molecular weight is 216 g/mol. The lowest BCUT2D eigenvalue weighted by Gasteiger charge is -2.21. The topological polar surface area (TPSA) is 78.9 Å². The third kappa shape index (κ3) is 4.16. The van der Waals surface area contributed by atoms with E-state index in [4.69, 9.17) is 5.11 Å². The van der Waals surface area contributed by atoms with Gasteiger partial charge < -0.3 is 10.0 Å². The highest BCUT2D eigenvalue weighted by Gasteiger charge is 2.31. The minimum Gasteiger partial charge on any atom is -0.479 e. The van der Waals surface area contributed by atoms with Crippen LogP contribution < -0.4 is 5.48 Å². The van der Waals surface area contributed by atoms with Crippen LogP contribution in [0, 0.1) is 0 Å². The normalized spacial score (nSPS) is 14.7. The van der Waals surface area contributed by atoms with Crippen molar-refractivity contribution in [1.82, 2.24) is 10.4 Å². The van der Waals surface area contributed by atoms with E-state index >= 15 is 0 Å². The Bertz CT molecular complexity index is 240. The highest BCUT2D eigenvalue weighted by atomic mass is 16.7. The Balaban J connectivity index is 2.25. The smallest absolute Gasteiger partial charge is 0.341 e. The van der Waals surface area contributed by atoms with E-state index in [-0.39, 0.29) is 6.03 Å². The fraction of sp³-hybridized carbons (Fsp3) is 0.778. The van der Waals surface area contributed by atoms with Gasteiger partial charge in [-0.1, -0.05) is 6.92 Å². The number of hydrogen-bond acceptors (Lipinski definition) is 3. The molecule has 0 bridgehead atoms. The molecule has 0 radical (unpaired) electrons. The van der Waals surface area contributed by atoms with Crippen LogP contribution in [0.3, 0.4) is 0 Å². The molecule has 86 valence electrons. The van der Waals surface area contributed by atoms with E-state index in [1.807, 2.05) is 6.92 Å². The summed E-state index contributed by atoms with van der Waals surface area (Å²) < 4.78 is 0. The molecule has 1 aliphatic rings. The lowest BCUT2D eigenvalue weighted by atomic mass is 10.4. The fourth-order valence-corrected chi connectivity index (χ4v) is 1.30. The van der Waals surface area contributed by atoms with Crippen LogP contribution in [0.5, 0.6) is 0 Å². The maximum absolute atomic E-state index is 11.5. The number of urea groups is 1. The SMILES string of the molecule is CCCN(C(=O)NOCC(=O)O)C1CC1. The van der Waals surface area contributed by atoms with Crippen LogP contribution in [0.15, 0.2) is 0 Å². The fourth-order valence-electron chi connectivity index (χ4n) is 1.30. The van der Waals surface area contributed by atoms with Gasteiger partial charge in [0, 0.05) is 12.6 Å². The molecule has 0 saturated heterocycles. The summed E-state index contributed by atoms with van der Waals surface area (Å²) in [7, 11) is 0. The third-order valence-electron chi connectivity index (χ3n) is 2.07. The number of carbonyl (C=O) groups is 2. The maximum atomic E-state index is 11.5. The number of rotatable bonds is 6. The predicted octanol–water partition coefficient (Wildman–Crippen LogP) is 0.587. The number of carbonyl (C=O) groups excluding carboxylic acids is 1. The van der Waals surface area contributed by atoms with Gasteiger partial charge in [-0.05, 0) is 19.3 Å². The van der Waals surface area contributed by atoms with E-state index in [9.17, 15) is 9.59 Å². The summed E-state index contributed by atoms with van der Waals surface area (Å²) in [4.78, 5) is 27.8. The molecule has 0 spiro atoms. The number of amides is 2. The summed E-state index contributed by atoms with van der Waals surface area (Å²) in [6, 6.07) is -0.0426. The quantitative estimate of drug-likeness (QED) is 0.637. The number of hydrogen-bond donors (Lipinski definition) is 2. The van der Waals surface area contributed by atoms with Crippen LogP contribution in [0.1, 0.15) is 26.2 Å². The molecule has 0 aromatic heterocycles. The van der Waals surface area contributed by atoms with Gasteiger partial charge in [0.2, 0.25) is 0 Å². The zero-order valence-electron chi connectivity index (χ0n) is 8.73. The molecule has 0 unspecified atom stereocenters. The molecule has 6 heteroatoms. The number of nitrogens with one attached hydrogen (secondary N) is 1. The molecule has 1 aliphatic carbocycles. The summed E-state index contributed by atoms with van der Waals surface area (Å²) in [5.74, 6) is -1.11. The van der Waals surface area contributed by atoms with Gasteiger partial charge in [0.15, 0.2) is 6.61 Å². The van der Waals surface area contributed by atoms with Crippen molar-refractivity contribution in [3.63, 3.8) is 0 Å². The van der Waals surface area contributed by atoms with Gasteiger partial charge in [-0.25, -0.2) is 15.1 Å². The molecule has 6 nitrogen and oxygen atoms in total. The van der Waals surface area contributed by atoms with Crippen LogP contribution in [-0.4, -0.2) is 41.2 Å². The number of carboxylic acid groups (broad SMARTS) is 1. The zero-order chi connectivity index (χ0) is 11.3. The summed E-state index contributed by atoms with van der Waals surface area (Å²) in [5, 5.41) is 8.30. The van der Waals surface area contributed by atoms with Crippen molar-refractivity contribution in [3.8, 4) is 0 Å². The molecule has 0 aromatic carbocycles. The van der Waals surface area contributed by atoms with Crippen molar-refractivity contribution in [2.45, 2.75) is 32.2 Å². The Kier molecular flexibility index (Phi) is 4.36. The number of aliphatic carboxylic acids is 1. The number of nitrogens with zero attached hydrogens (tertiary/aromatic N) is 1. The summed E-state index contributed by atoms with van der Waals surface area (Å²) in [6.07, 6.45) is 2.92. The summed E-state index contributed by atoms with van der Waals surface area (Å²) in [6.45, 7) is 2.14. The molecule has 1 saturated carbocycles. The van der Waals surface area contributed by atoms with Crippen molar-refractivity contribution in [1.29, 1.82) is 0 Å². The lowest BCUT2D eigenvalue weighted by molar-refractivity contribution is -0.144. The monoisotopic (exact) mass is 216 g/mol. The van der Waals surface area contributed by atoms with Gasteiger partial charge in [0.25, 0.3) is 0 Å². The van der Waals surface area contributed by atoms with Crippen LogP contribution in [0.25, 0.3) is 0 Å². The zero-order valence-corrected chi connectivity index (χ0v) is 8.73. The minimum absolute atomic E-state index is 0.304. The number of carboxylic acids is 1. The third-order valence-corrected chi connectivity index (χ3v) is 2.07. The van der Waals surface area contributed by atoms with E-state index in [2.05, 4.69) is 10.3 Å². The summed E-state index contributed by atoms with van der Waals surface area (Å²) >= 11 is 0. The Hall–Kier alpha value is -1.30. The van der Waals surface area contributed by atoms with Gasteiger partial charge in [-0.3, -0.25) is 4.84 Å². The Labute approximate surface area is 88.1 Å². The molecule has 1 rings (SSSR count). The van der Waals surface area contributed by atoms with Gasteiger partial charge in [-0.15, -0.1) is 0 Å². The van der Waals surface area contributed by atoms with Gasteiger partial charge in [-0.2, -0.15) is 0 Å². The summed E-state index contributed by atoms with van der Waals surface area (Å²) in [5.41, 5.74) is 2.13. The van der Waals surface area contributed by atoms with Crippen molar-refractivity contribution >= 4 is 12.0 Å². The Morgan fingerprint density at radius 1 is 1.53 bits per heavy atom. The van der Waals surface area contributed by atoms with Crippen molar-refractivity contribution in [2.75, 3.05) is 13.2 Å². The van der Waals surface area contributed by atoms with E-state index < -0.39 is 12.6 Å². The van der Waals surface area contributed by atoms with Crippen LogP contribution in [-0.2, 0) is 9.63 Å². The van der Waals surface area contributed by atoms with Crippen LogP contribution >= 0.6 is 0 Å². The van der Waals surface area contributed by atoms with Gasteiger partial charge in [0.1, 0.15) is 0 Å². The van der Waals surface area contributed by atoms with Crippen molar-refractivity contribution in [2.24, 2.45) is 0 Å². The van der Waals surface area contributed by atoms with Crippen LogP contribution in [0.2, 0.25) is 0 Å². The molecule has 2 amide bonds. The van der Waals surface area contributed by atoms with Crippen molar-refractivity contribution in [3.05, 3.63) is 0 Å². The Morgan fingerprint density at radius 2 is 2.20 bits per heavy atom. The Morgan fingerprint density at radius 3 is 2.67 bits per heavy atom. The highest BCUT2D eigenvalue weighted by Crippen LogP contribution is 2.26. The predicted molar refractivity (Wildman–Crippen MR) is 52.1 cm³/mol. The lowest BCUT2D eigenvalue weighted by Crippen LogP contribution is -2.42. The van der Waals surface area contributed by atoms with E-state index in [1.165, 1.54) is 0 Å². The van der Waals surface area contributed by atoms with Crippen molar-refractivity contribution < 1.29 is 19.5 Å². The van der Waals surface area contributed by atoms with Gasteiger partial charge in [0.05, 0.1) is 0 Å². The molecular formula is C9H16N2O4. The molecule has 0 atom stereocenters. The molecule has 0 aliphatic heterocycles. The first-order valence-electron chi connectivity index (χ1n) is 5.05.